The van der Waals surface area contributed by atoms with Crippen LogP contribution < -0.4 is 10.2 Å². The summed E-state index contributed by atoms with van der Waals surface area (Å²) in [7, 11) is 2.25. The maximum absolute atomic E-state index is 12.5. The molecule has 2 aliphatic heterocycles. The van der Waals surface area contributed by atoms with Crippen LogP contribution in [-0.2, 0) is 24.1 Å². The summed E-state index contributed by atoms with van der Waals surface area (Å²) >= 11 is 0. The lowest BCUT2D eigenvalue weighted by atomic mass is 9.95. The average molecular weight is 481 g/mol. The predicted molar refractivity (Wildman–Crippen MR) is 138 cm³/mol. The highest BCUT2D eigenvalue weighted by atomic mass is 16.5. The van der Waals surface area contributed by atoms with E-state index in [0.29, 0.717) is 12.6 Å². The molecular formula is C27H40N6O2. The molecule has 2 aromatic rings. The Morgan fingerprint density at radius 3 is 2.63 bits per heavy atom. The van der Waals surface area contributed by atoms with Crippen molar-refractivity contribution in [2.45, 2.75) is 51.1 Å². The zero-order valence-corrected chi connectivity index (χ0v) is 21.1. The molecule has 1 aliphatic carbocycles. The van der Waals surface area contributed by atoms with Crippen LogP contribution in [0.1, 0.15) is 53.0 Å². The highest BCUT2D eigenvalue weighted by molar-refractivity contribution is 5.94. The molecular weight excluding hydrogens is 440 g/mol. The molecule has 0 spiro atoms. The average Bonchev–Trinajstić information content (AvgIpc) is 3.32. The normalized spacial score (nSPS) is 19.7. The van der Waals surface area contributed by atoms with Crippen LogP contribution in [0.5, 0.6) is 0 Å². The third kappa shape index (κ3) is 6.05. The van der Waals surface area contributed by atoms with Crippen molar-refractivity contribution in [1.82, 2.24) is 25.3 Å². The first kappa shape index (κ1) is 24.3. The maximum atomic E-state index is 12.5. The molecule has 1 aromatic carbocycles. The fraction of sp³-hybridized carbons (Fsp3) is 0.630. The van der Waals surface area contributed by atoms with Crippen LogP contribution in [-0.4, -0.2) is 91.5 Å². The van der Waals surface area contributed by atoms with E-state index in [1.807, 2.05) is 12.1 Å². The summed E-state index contributed by atoms with van der Waals surface area (Å²) in [5.74, 6) is 0.00528. The van der Waals surface area contributed by atoms with Crippen LogP contribution in [0, 0.1) is 0 Å². The lowest BCUT2D eigenvalue weighted by molar-refractivity contribution is 0.0383. The number of ether oxygens (including phenoxy) is 1. The summed E-state index contributed by atoms with van der Waals surface area (Å²) in [6, 6.07) is 8.68. The van der Waals surface area contributed by atoms with Gasteiger partial charge in [-0.1, -0.05) is 0 Å². The number of piperidine rings is 1. The topological polar surface area (TPSA) is 76.7 Å². The van der Waals surface area contributed by atoms with E-state index in [1.54, 1.807) is 0 Å². The number of hydrogen-bond acceptors (Lipinski definition) is 6. The Bertz CT molecular complexity index is 961. The van der Waals surface area contributed by atoms with Crippen molar-refractivity contribution in [2.24, 2.45) is 0 Å². The van der Waals surface area contributed by atoms with Crippen molar-refractivity contribution in [3.63, 3.8) is 0 Å². The van der Waals surface area contributed by atoms with Crippen molar-refractivity contribution in [2.75, 3.05) is 64.4 Å². The molecule has 0 atom stereocenters. The number of anilines is 1. The van der Waals surface area contributed by atoms with Gasteiger partial charge in [0.15, 0.2) is 0 Å². The Kier molecular flexibility index (Phi) is 8.01. The van der Waals surface area contributed by atoms with E-state index in [4.69, 9.17) is 4.74 Å². The van der Waals surface area contributed by atoms with Crippen LogP contribution in [0.3, 0.4) is 0 Å². The van der Waals surface area contributed by atoms with Crippen LogP contribution in [0.25, 0.3) is 0 Å². The number of benzene rings is 1. The van der Waals surface area contributed by atoms with Crippen molar-refractivity contribution < 1.29 is 9.53 Å². The smallest absolute Gasteiger partial charge is 0.251 e. The molecule has 3 heterocycles. The zero-order valence-electron chi connectivity index (χ0n) is 21.1. The fourth-order valence-corrected chi connectivity index (χ4v) is 5.69. The second-order valence-electron chi connectivity index (χ2n) is 10.2. The number of nitrogens with zero attached hydrogens (tertiary/aromatic N) is 4. The summed E-state index contributed by atoms with van der Waals surface area (Å²) in [6.07, 6.45) is 7.19. The van der Waals surface area contributed by atoms with E-state index < -0.39 is 0 Å². The number of aromatic nitrogens is 2. The first-order valence-electron chi connectivity index (χ1n) is 13.4. The van der Waals surface area contributed by atoms with E-state index in [1.165, 1.54) is 41.9 Å². The molecule has 2 fully saturated rings. The molecule has 8 heteroatoms. The number of rotatable bonds is 8. The molecule has 5 rings (SSSR count). The number of aryl methyl sites for hydroxylation is 1. The number of carbonyl (C=O) groups is 1. The Morgan fingerprint density at radius 2 is 1.86 bits per heavy atom. The van der Waals surface area contributed by atoms with Gasteiger partial charge in [0.2, 0.25) is 0 Å². The minimum Gasteiger partial charge on any atom is -0.379 e. The van der Waals surface area contributed by atoms with Crippen LogP contribution in [0.2, 0.25) is 0 Å². The third-order valence-corrected chi connectivity index (χ3v) is 7.94. The number of morpholine rings is 1. The number of carbonyl (C=O) groups excluding carboxylic acids is 1. The Hall–Kier alpha value is -2.42. The molecule has 0 saturated carbocycles. The number of amides is 1. The molecule has 1 aromatic heterocycles. The molecule has 8 nitrogen and oxygen atoms in total. The fourth-order valence-electron chi connectivity index (χ4n) is 5.69. The van der Waals surface area contributed by atoms with Crippen molar-refractivity contribution in [3.8, 4) is 0 Å². The Labute approximate surface area is 209 Å². The van der Waals surface area contributed by atoms with E-state index in [-0.39, 0.29) is 5.91 Å². The van der Waals surface area contributed by atoms with Crippen LogP contribution in [0.4, 0.5) is 5.69 Å². The molecule has 0 unspecified atom stereocenters. The van der Waals surface area contributed by atoms with Crippen molar-refractivity contribution in [3.05, 3.63) is 46.8 Å². The molecule has 190 valence electrons. The number of hydrogen-bond donors (Lipinski definition) is 2. The predicted octanol–water partition coefficient (Wildman–Crippen LogP) is 2.45. The van der Waals surface area contributed by atoms with E-state index in [9.17, 15) is 4.79 Å². The minimum atomic E-state index is 0.00528. The third-order valence-electron chi connectivity index (χ3n) is 7.94. The van der Waals surface area contributed by atoms with Gasteiger partial charge in [-0.3, -0.25) is 19.7 Å². The highest BCUT2D eigenvalue weighted by Crippen LogP contribution is 2.26. The standard InChI is InChI=1S/C27H40N6O2/c1-31(20-26-24-4-2-3-5-25(24)29-30-26)22-10-13-33(14-11-22)23-8-6-21(7-9-23)27(34)28-12-15-32-16-18-35-19-17-32/h6-9,22H,2-5,10-20H2,1H3,(H,28,34)(H,29,30). The first-order valence-corrected chi connectivity index (χ1v) is 13.4. The summed E-state index contributed by atoms with van der Waals surface area (Å²) in [5.41, 5.74) is 6.03. The van der Waals surface area contributed by atoms with Gasteiger partial charge < -0.3 is 15.0 Å². The van der Waals surface area contributed by atoms with Gasteiger partial charge in [-0.2, -0.15) is 5.10 Å². The molecule has 2 N–H and O–H groups in total. The van der Waals surface area contributed by atoms with Gasteiger partial charge in [0.1, 0.15) is 0 Å². The van der Waals surface area contributed by atoms with Gasteiger partial charge in [0, 0.05) is 68.8 Å². The minimum absolute atomic E-state index is 0.00528. The van der Waals surface area contributed by atoms with E-state index in [2.05, 4.69) is 49.4 Å². The largest absolute Gasteiger partial charge is 0.379 e. The van der Waals surface area contributed by atoms with Gasteiger partial charge in [-0.15, -0.1) is 0 Å². The summed E-state index contributed by atoms with van der Waals surface area (Å²) in [4.78, 5) is 19.8. The lowest BCUT2D eigenvalue weighted by Crippen LogP contribution is -2.43. The first-order chi connectivity index (χ1) is 17.2. The van der Waals surface area contributed by atoms with Gasteiger partial charge in [-0.05, 0) is 75.4 Å². The summed E-state index contributed by atoms with van der Waals surface area (Å²) < 4.78 is 5.38. The van der Waals surface area contributed by atoms with Gasteiger partial charge in [0.05, 0.1) is 18.9 Å². The Morgan fingerprint density at radius 1 is 1.11 bits per heavy atom. The zero-order chi connectivity index (χ0) is 24.0. The van der Waals surface area contributed by atoms with Crippen LogP contribution in [0.15, 0.2) is 24.3 Å². The Balaban J connectivity index is 1.07. The summed E-state index contributed by atoms with van der Waals surface area (Å²) in [6.45, 7) is 8.03. The van der Waals surface area contributed by atoms with Crippen LogP contribution >= 0.6 is 0 Å². The number of nitrogens with one attached hydrogen (secondary N) is 2. The second kappa shape index (κ2) is 11.5. The monoisotopic (exact) mass is 480 g/mol. The molecule has 35 heavy (non-hydrogen) atoms. The summed E-state index contributed by atoms with van der Waals surface area (Å²) in [5, 5.41) is 11.0. The van der Waals surface area contributed by atoms with Gasteiger partial charge in [-0.25, -0.2) is 0 Å². The highest BCUT2D eigenvalue weighted by Gasteiger charge is 2.25. The quantitative estimate of drug-likeness (QED) is 0.605. The van der Waals surface area contributed by atoms with Crippen molar-refractivity contribution in [1.29, 1.82) is 0 Å². The molecule has 0 radical (unpaired) electrons. The second-order valence-corrected chi connectivity index (χ2v) is 10.2. The van der Waals surface area contributed by atoms with E-state index in [0.717, 1.165) is 77.3 Å². The maximum Gasteiger partial charge on any atom is 0.251 e. The SMILES string of the molecule is CN(Cc1n[nH]c2c1CCCC2)C1CCN(c2ccc(C(=O)NCCN3CCOCC3)cc2)CC1. The van der Waals surface area contributed by atoms with Gasteiger partial charge in [0.25, 0.3) is 5.91 Å². The molecule has 3 aliphatic rings. The van der Waals surface area contributed by atoms with Crippen molar-refractivity contribution >= 4 is 11.6 Å². The molecule has 0 bridgehead atoms. The van der Waals surface area contributed by atoms with E-state index >= 15 is 0 Å². The molecule has 2 saturated heterocycles. The lowest BCUT2D eigenvalue weighted by Gasteiger charge is -2.37. The number of aromatic amines is 1. The number of fused-ring (bicyclic) bond motifs is 1. The number of H-pyrrole nitrogens is 1. The van der Waals surface area contributed by atoms with Gasteiger partial charge >= 0.3 is 0 Å². The molecule has 1 amide bonds.